The van der Waals surface area contributed by atoms with Gasteiger partial charge < -0.3 is 9.32 Å². The van der Waals surface area contributed by atoms with Crippen molar-refractivity contribution in [3.8, 4) is 0 Å². The molecule has 1 aromatic heterocycles. The van der Waals surface area contributed by atoms with Crippen molar-refractivity contribution in [2.45, 2.75) is 38.5 Å². The molecular formula is C22H28N4O6S. The number of carbonyl (C=O) groups is 3. The molecule has 1 fully saturated rings. The van der Waals surface area contributed by atoms with Gasteiger partial charge in [-0.3, -0.25) is 25.2 Å². The number of hydrazine groups is 1. The van der Waals surface area contributed by atoms with Gasteiger partial charge in [0.05, 0.1) is 10.5 Å². The third-order valence-corrected chi connectivity index (χ3v) is 7.33. The third-order valence-electron chi connectivity index (χ3n) is 5.42. The normalized spacial score (nSPS) is 14.7. The lowest BCUT2D eigenvalue weighted by atomic mass is 10.2. The summed E-state index contributed by atoms with van der Waals surface area (Å²) in [5.74, 6) is -0.227. The van der Waals surface area contributed by atoms with Gasteiger partial charge in [-0.2, -0.15) is 4.31 Å². The van der Waals surface area contributed by atoms with E-state index in [1.54, 1.807) is 49.1 Å². The van der Waals surface area contributed by atoms with Crippen LogP contribution >= 0.6 is 0 Å². The average molecular weight is 477 g/mol. The number of nitrogens with zero attached hydrogens (tertiary/aromatic N) is 2. The molecule has 1 aliphatic heterocycles. The van der Waals surface area contributed by atoms with Gasteiger partial charge in [0.1, 0.15) is 11.5 Å². The molecule has 1 aromatic carbocycles. The topological polar surface area (TPSA) is 129 Å². The molecule has 0 radical (unpaired) electrons. The number of nitrogens with one attached hydrogen (secondary N) is 2. The minimum absolute atomic E-state index is 0.0454. The monoisotopic (exact) mass is 476 g/mol. The van der Waals surface area contributed by atoms with E-state index in [2.05, 4.69) is 10.9 Å². The van der Waals surface area contributed by atoms with Gasteiger partial charge >= 0.3 is 0 Å². The number of aryl methyl sites for hydroxylation is 3. The molecule has 3 amide bonds. The van der Waals surface area contributed by atoms with E-state index in [1.807, 2.05) is 6.92 Å². The van der Waals surface area contributed by atoms with Crippen LogP contribution in [0.4, 0.5) is 0 Å². The Morgan fingerprint density at radius 3 is 2.15 bits per heavy atom. The van der Waals surface area contributed by atoms with E-state index in [0.29, 0.717) is 17.1 Å². The Morgan fingerprint density at radius 2 is 1.58 bits per heavy atom. The molecule has 11 heteroatoms. The van der Waals surface area contributed by atoms with Crippen molar-refractivity contribution in [3.63, 3.8) is 0 Å². The van der Waals surface area contributed by atoms with E-state index in [0.717, 1.165) is 5.56 Å². The lowest BCUT2D eigenvalue weighted by Crippen LogP contribution is -2.50. The van der Waals surface area contributed by atoms with Gasteiger partial charge in [-0.15, -0.1) is 0 Å². The van der Waals surface area contributed by atoms with E-state index in [-0.39, 0.29) is 49.8 Å². The summed E-state index contributed by atoms with van der Waals surface area (Å²) in [4.78, 5) is 38.3. The molecule has 0 spiro atoms. The van der Waals surface area contributed by atoms with Crippen molar-refractivity contribution in [1.82, 2.24) is 20.1 Å². The fourth-order valence-corrected chi connectivity index (χ4v) is 4.95. The Kier molecular flexibility index (Phi) is 7.54. The highest BCUT2D eigenvalue weighted by Crippen LogP contribution is 2.18. The fourth-order valence-electron chi connectivity index (χ4n) is 3.53. The van der Waals surface area contributed by atoms with Crippen LogP contribution in [0.5, 0.6) is 0 Å². The van der Waals surface area contributed by atoms with Crippen LogP contribution in [-0.2, 0) is 19.6 Å². The first-order chi connectivity index (χ1) is 15.6. The Hall–Kier alpha value is -3.18. The van der Waals surface area contributed by atoms with Crippen LogP contribution in [0.25, 0.3) is 0 Å². The molecule has 0 bridgehead atoms. The maximum absolute atomic E-state index is 12.8. The second-order valence-corrected chi connectivity index (χ2v) is 9.87. The summed E-state index contributed by atoms with van der Waals surface area (Å²) in [6.45, 7) is 6.13. The Morgan fingerprint density at radius 1 is 0.939 bits per heavy atom. The van der Waals surface area contributed by atoms with Crippen molar-refractivity contribution in [3.05, 3.63) is 53.0 Å². The second-order valence-electron chi connectivity index (χ2n) is 7.93. The van der Waals surface area contributed by atoms with Crippen LogP contribution < -0.4 is 10.9 Å². The number of hydrogen-bond donors (Lipinski definition) is 2. The molecule has 2 N–H and O–H groups in total. The molecule has 1 aliphatic rings. The standard InChI is InChI=1S/C22H28N4O6S/c1-15-4-6-18(7-5-15)33(30,31)26-12-10-25(11-13-26)21(28)9-8-20(27)23-24-22(29)19-14-16(2)32-17(19)3/h4-7,14H,8-13H2,1-3H3,(H,23,27)(H,24,29). The van der Waals surface area contributed by atoms with Gasteiger partial charge in [0, 0.05) is 39.0 Å². The molecule has 0 saturated carbocycles. The van der Waals surface area contributed by atoms with E-state index >= 15 is 0 Å². The van der Waals surface area contributed by atoms with Crippen molar-refractivity contribution in [1.29, 1.82) is 0 Å². The molecule has 178 valence electrons. The predicted molar refractivity (Wildman–Crippen MR) is 120 cm³/mol. The van der Waals surface area contributed by atoms with Crippen molar-refractivity contribution in [2.75, 3.05) is 26.2 Å². The smallest absolute Gasteiger partial charge is 0.273 e. The molecule has 0 aliphatic carbocycles. The predicted octanol–water partition coefficient (Wildman–Crippen LogP) is 1.28. The van der Waals surface area contributed by atoms with Crippen LogP contribution in [0.15, 0.2) is 39.6 Å². The van der Waals surface area contributed by atoms with Crippen LogP contribution in [0.3, 0.4) is 0 Å². The summed E-state index contributed by atoms with van der Waals surface area (Å²) >= 11 is 0. The fraction of sp³-hybridized carbons (Fsp3) is 0.409. The van der Waals surface area contributed by atoms with Crippen molar-refractivity contribution in [2.24, 2.45) is 0 Å². The van der Waals surface area contributed by atoms with E-state index in [1.165, 1.54) is 4.31 Å². The molecular weight excluding hydrogens is 448 g/mol. The highest BCUT2D eigenvalue weighted by molar-refractivity contribution is 7.89. The van der Waals surface area contributed by atoms with Crippen LogP contribution in [0.1, 0.15) is 40.3 Å². The number of piperazine rings is 1. The number of rotatable bonds is 6. The quantitative estimate of drug-likeness (QED) is 0.605. The first kappa shape index (κ1) is 24.5. The second kappa shape index (κ2) is 10.2. The van der Waals surface area contributed by atoms with Crippen LogP contribution in [-0.4, -0.2) is 61.5 Å². The Balaban J connectivity index is 1.42. The first-order valence-corrected chi connectivity index (χ1v) is 12.0. The minimum Gasteiger partial charge on any atom is -0.466 e. The largest absolute Gasteiger partial charge is 0.466 e. The molecule has 33 heavy (non-hydrogen) atoms. The molecule has 3 rings (SSSR count). The molecule has 0 atom stereocenters. The van der Waals surface area contributed by atoms with Crippen molar-refractivity contribution >= 4 is 27.7 Å². The summed E-state index contributed by atoms with van der Waals surface area (Å²) in [6, 6.07) is 8.22. The summed E-state index contributed by atoms with van der Waals surface area (Å²) in [5.41, 5.74) is 5.88. The number of amides is 3. The molecule has 0 unspecified atom stereocenters. The average Bonchev–Trinajstić information content (AvgIpc) is 3.14. The van der Waals surface area contributed by atoms with Gasteiger partial charge in [-0.05, 0) is 39.0 Å². The van der Waals surface area contributed by atoms with Gasteiger partial charge in [0.2, 0.25) is 21.8 Å². The summed E-state index contributed by atoms with van der Waals surface area (Å²) in [7, 11) is -3.61. The maximum Gasteiger partial charge on any atom is 0.273 e. The van der Waals surface area contributed by atoms with Gasteiger partial charge in [-0.25, -0.2) is 8.42 Å². The van der Waals surface area contributed by atoms with Crippen LogP contribution in [0, 0.1) is 20.8 Å². The highest BCUT2D eigenvalue weighted by Gasteiger charge is 2.30. The minimum atomic E-state index is -3.61. The maximum atomic E-state index is 12.8. The molecule has 2 heterocycles. The molecule has 1 saturated heterocycles. The zero-order valence-corrected chi connectivity index (χ0v) is 19.7. The van der Waals surface area contributed by atoms with Gasteiger partial charge in [0.15, 0.2) is 0 Å². The van der Waals surface area contributed by atoms with Gasteiger partial charge in [-0.1, -0.05) is 17.7 Å². The molecule has 10 nitrogen and oxygen atoms in total. The van der Waals surface area contributed by atoms with Gasteiger partial charge in [0.25, 0.3) is 5.91 Å². The SMILES string of the molecule is Cc1ccc(S(=O)(=O)N2CCN(C(=O)CCC(=O)NNC(=O)c3cc(C)oc3C)CC2)cc1. The third kappa shape index (κ3) is 5.99. The zero-order chi connectivity index (χ0) is 24.2. The summed E-state index contributed by atoms with van der Waals surface area (Å²) < 4.78 is 32.2. The summed E-state index contributed by atoms with van der Waals surface area (Å²) in [5, 5.41) is 0. The summed E-state index contributed by atoms with van der Waals surface area (Å²) in [6.07, 6.45) is -0.152. The first-order valence-electron chi connectivity index (χ1n) is 10.6. The van der Waals surface area contributed by atoms with Crippen LogP contribution in [0.2, 0.25) is 0 Å². The number of benzene rings is 1. The van der Waals surface area contributed by atoms with E-state index in [4.69, 9.17) is 4.42 Å². The highest BCUT2D eigenvalue weighted by atomic mass is 32.2. The van der Waals surface area contributed by atoms with E-state index < -0.39 is 21.8 Å². The number of carbonyl (C=O) groups excluding carboxylic acids is 3. The Bertz CT molecular complexity index is 1130. The zero-order valence-electron chi connectivity index (χ0n) is 18.9. The number of furan rings is 1. The molecule has 2 aromatic rings. The Labute approximate surface area is 192 Å². The number of sulfonamides is 1. The lowest BCUT2D eigenvalue weighted by Gasteiger charge is -2.34. The lowest BCUT2D eigenvalue weighted by molar-refractivity contribution is -0.134. The van der Waals surface area contributed by atoms with E-state index in [9.17, 15) is 22.8 Å². The van der Waals surface area contributed by atoms with Crippen molar-refractivity contribution < 1.29 is 27.2 Å². The number of hydrogen-bond acceptors (Lipinski definition) is 6.